The lowest BCUT2D eigenvalue weighted by Gasteiger charge is -2.28. The summed E-state index contributed by atoms with van der Waals surface area (Å²) in [6.07, 6.45) is 0. The molecule has 2 N–H and O–H groups in total. The van der Waals surface area contributed by atoms with Crippen molar-refractivity contribution >= 4 is 22.7 Å². The SMILES string of the molecule is CCOC(=O)c1c(N2CCOCC2)[nH]c2ccc(O)cc12. The van der Waals surface area contributed by atoms with Gasteiger partial charge in [0.2, 0.25) is 0 Å². The van der Waals surface area contributed by atoms with Crippen LogP contribution < -0.4 is 4.90 Å². The van der Waals surface area contributed by atoms with Crippen LogP contribution >= 0.6 is 0 Å². The van der Waals surface area contributed by atoms with Crippen molar-refractivity contribution in [2.24, 2.45) is 0 Å². The Hall–Kier alpha value is -2.21. The van der Waals surface area contributed by atoms with Crippen LogP contribution in [-0.4, -0.2) is 49.0 Å². The molecule has 1 saturated heterocycles. The van der Waals surface area contributed by atoms with Crippen LogP contribution in [-0.2, 0) is 9.47 Å². The van der Waals surface area contributed by atoms with Gasteiger partial charge in [0, 0.05) is 24.0 Å². The van der Waals surface area contributed by atoms with Gasteiger partial charge >= 0.3 is 5.97 Å². The van der Waals surface area contributed by atoms with Crippen molar-refractivity contribution < 1.29 is 19.4 Å². The van der Waals surface area contributed by atoms with E-state index in [1.165, 1.54) is 0 Å². The maximum absolute atomic E-state index is 12.3. The van der Waals surface area contributed by atoms with Crippen LogP contribution in [0.1, 0.15) is 17.3 Å². The fourth-order valence-corrected chi connectivity index (χ4v) is 2.60. The molecular formula is C15H18N2O4. The Balaban J connectivity index is 2.12. The highest BCUT2D eigenvalue weighted by Crippen LogP contribution is 2.32. The normalized spacial score (nSPS) is 15.4. The molecule has 0 unspecified atom stereocenters. The first-order valence-corrected chi connectivity index (χ1v) is 7.05. The minimum absolute atomic E-state index is 0.126. The smallest absolute Gasteiger partial charge is 0.342 e. The number of H-pyrrole nitrogens is 1. The van der Waals surface area contributed by atoms with Crippen molar-refractivity contribution in [2.45, 2.75) is 6.92 Å². The first kappa shape index (κ1) is 13.8. The fourth-order valence-electron chi connectivity index (χ4n) is 2.60. The topological polar surface area (TPSA) is 74.8 Å². The van der Waals surface area contributed by atoms with Gasteiger partial charge in [-0.25, -0.2) is 4.79 Å². The van der Waals surface area contributed by atoms with Crippen LogP contribution in [0.15, 0.2) is 18.2 Å². The van der Waals surface area contributed by atoms with Gasteiger partial charge in [-0.05, 0) is 25.1 Å². The van der Waals surface area contributed by atoms with E-state index in [0.717, 1.165) is 11.3 Å². The molecule has 0 saturated carbocycles. The van der Waals surface area contributed by atoms with E-state index in [9.17, 15) is 9.90 Å². The van der Waals surface area contributed by atoms with Gasteiger partial charge in [0.25, 0.3) is 0 Å². The Morgan fingerprint density at radius 3 is 2.90 bits per heavy atom. The molecule has 0 aliphatic carbocycles. The first-order chi connectivity index (χ1) is 10.2. The van der Waals surface area contributed by atoms with Crippen molar-refractivity contribution in [1.29, 1.82) is 0 Å². The molecule has 21 heavy (non-hydrogen) atoms. The molecule has 1 fully saturated rings. The van der Waals surface area contributed by atoms with Gasteiger partial charge in [0.15, 0.2) is 0 Å². The fraction of sp³-hybridized carbons (Fsp3) is 0.400. The molecular weight excluding hydrogens is 272 g/mol. The van der Waals surface area contributed by atoms with Crippen molar-refractivity contribution in [3.8, 4) is 5.75 Å². The number of phenolic OH excluding ortho intramolecular Hbond substituents is 1. The number of hydrogen-bond acceptors (Lipinski definition) is 5. The number of aromatic hydroxyl groups is 1. The number of hydrogen-bond donors (Lipinski definition) is 2. The third-order valence-electron chi connectivity index (χ3n) is 3.57. The molecule has 6 heteroatoms. The van der Waals surface area contributed by atoms with Crippen LogP contribution in [0.3, 0.4) is 0 Å². The molecule has 0 bridgehead atoms. The predicted molar refractivity (Wildman–Crippen MR) is 79.0 cm³/mol. The summed E-state index contributed by atoms with van der Waals surface area (Å²) in [6.45, 7) is 4.77. The number of aromatic nitrogens is 1. The van der Waals surface area contributed by atoms with E-state index in [4.69, 9.17) is 9.47 Å². The van der Waals surface area contributed by atoms with Gasteiger partial charge in [-0.3, -0.25) is 0 Å². The molecule has 0 radical (unpaired) electrons. The average Bonchev–Trinajstić information content (AvgIpc) is 2.87. The van der Waals surface area contributed by atoms with E-state index in [1.807, 2.05) is 0 Å². The largest absolute Gasteiger partial charge is 0.508 e. The van der Waals surface area contributed by atoms with Crippen molar-refractivity contribution in [1.82, 2.24) is 4.98 Å². The number of benzene rings is 1. The molecule has 0 amide bonds. The minimum Gasteiger partial charge on any atom is -0.508 e. The predicted octanol–water partition coefficient (Wildman–Crippen LogP) is 1.89. The molecule has 1 aromatic carbocycles. The Labute approximate surface area is 122 Å². The number of nitrogens with zero attached hydrogens (tertiary/aromatic N) is 1. The van der Waals surface area contributed by atoms with Crippen LogP contribution in [0.2, 0.25) is 0 Å². The van der Waals surface area contributed by atoms with Gasteiger partial charge in [0.05, 0.1) is 19.8 Å². The van der Waals surface area contributed by atoms with Crippen molar-refractivity contribution in [2.75, 3.05) is 37.8 Å². The lowest BCUT2D eigenvalue weighted by molar-refractivity contribution is 0.0528. The molecule has 2 heterocycles. The number of nitrogens with one attached hydrogen (secondary N) is 1. The number of ether oxygens (including phenoxy) is 2. The molecule has 0 atom stereocenters. The summed E-state index contributed by atoms with van der Waals surface area (Å²) in [4.78, 5) is 17.6. The highest BCUT2D eigenvalue weighted by atomic mass is 16.5. The number of rotatable bonds is 3. The van der Waals surface area contributed by atoms with E-state index >= 15 is 0 Å². The molecule has 112 valence electrons. The average molecular weight is 290 g/mol. The van der Waals surface area contributed by atoms with Crippen molar-refractivity contribution in [3.63, 3.8) is 0 Å². The number of fused-ring (bicyclic) bond motifs is 1. The molecule has 1 aromatic heterocycles. The van der Waals surface area contributed by atoms with Gasteiger partial charge in [-0.1, -0.05) is 0 Å². The first-order valence-electron chi connectivity index (χ1n) is 7.05. The quantitative estimate of drug-likeness (QED) is 0.844. The zero-order chi connectivity index (χ0) is 14.8. The summed E-state index contributed by atoms with van der Waals surface area (Å²) in [5.41, 5.74) is 1.28. The Morgan fingerprint density at radius 1 is 1.43 bits per heavy atom. The van der Waals surface area contributed by atoms with Crippen LogP contribution in [0.4, 0.5) is 5.82 Å². The maximum Gasteiger partial charge on any atom is 0.342 e. The second-order valence-corrected chi connectivity index (χ2v) is 4.90. The number of carbonyl (C=O) groups excluding carboxylic acids is 1. The second kappa shape index (κ2) is 5.65. The standard InChI is InChI=1S/C15H18N2O4/c1-2-21-15(19)13-11-9-10(18)3-4-12(11)16-14(13)17-5-7-20-8-6-17/h3-4,9,16,18H,2,5-8H2,1H3. The molecule has 1 aliphatic rings. The molecule has 0 spiro atoms. The molecule has 6 nitrogen and oxygen atoms in total. The Kier molecular flexibility index (Phi) is 3.70. The molecule has 3 rings (SSSR count). The number of anilines is 1. The monoisotopic (exact) mass is 290 g/mol. The van der Waals surface area contributed by atoms with Gasteiger partial charge in [-0.2, -0.15) is 0 Å². The number of aromatic amines is 1. The summed E-state index contributed by atoms with van der Waals surface area (Å²) in [7, 11) is 0. The highest BCUT2D eigenvalue weighted by molar-refractivity contribution is 6.09. The summed E-state index contributed by atoms with van der Waals surface area (Å²) < 4.78 is 10.5. The summed E-state index contributed by atoms with van der Waals surface area (Å²) in [6, 6.07) is 4.94. The summed E-state index contributed by atoms with van der Waals surface area (Å²) in [5, 5.41) is 10.4. The van der Waals surface area contributed by atoms with Crippen LogP contribution in [0.25, 0.3) is 10.9 Å². The Bertz CT molecular complexity index is 659. The lowest BCUT2D eigenvalue weighted by atomic mass is 10.1. The van der Waals surface area contributed by atoms with E-state index in [-0.39, 0.29) is 11.7 Å². The maximum atomic E-state index is 12.3. The van der Waals surface area contributed by atoms with E-state index in [0.29, 0.717) is 43.9 Å². The third-order valence-corrected chi connectivity index (χ3v) is 3.57. The van der Waals surface area contributed by atoms with E-state index < -0.39 is 0 Å². The molecule has 2 aromatic rings. The number of esters is 1. The number of morpholine rings is 1. The van der Waals surface area contributed by atoms with Gasteiger partial charge in [0.1, 0.15) is 17.1 Å². The van der Waals surface area contributed by atoms with Gasteiger partial charge < -0.3 is 24.5 Å². The third kappa shape index (κ3) is 2.54. The van der Waals surface area contributed by atoms with Crippen LogP contribution in [0.5, 0.6) is 5.75 Å². The highest BCUT2D eigenvalue weighted by Gasteiger charge is 2.25. The van der Waals surface area contributed by atoms with E-state index in [2.05, 4.69) is 9.88 Å². The zero-order valence-electron chi connectivity index (χ0n) is 11.9. The summed E-state index contributed by atoms with van der Waals surface area (Å²) in [5.74, 6) is 0.480. The Morgan fingerprint density at radius 2 is 2.19 bits per heavy atom. The minimum atomic E-state index is -0.379. The number of phenols is 1. The number of carbonyl (C=O) groups is 1. The molecule has 1 aliphatic heterocycles. The van der Waals surface area contributed by atoms with E-state index in [1.54, 1.807) is 25.1 Å². The second-order valence-electron chi connectivity index (χ2n) is 4.90. The summed E-state index contributed by atoms with van der Waals surface area (Å²) >= 11 is 0. The van der Waals surface area contributed by atoms with Crippen LogP contribution in [0, 0.1) is 0 Å². The zero-order valence-corrected chi connectivity index (χ0v) is 11.9. The van der Waals surface area contributed by atoms with Gasteiger partial charge in [-0.15, -0.1) is 0 Å². The lowest BCUT2D eigenvalue weighted by Crippen LogP contribution is -2.37. The van der Waals surface area contributed by atoms with Crippen molar-refractivity contribution in [3.05, 3.63) is 23.8 Å².